The van der Waals surface area contributed by atoms with Crippen molar-refractivity contribution in [2.75, 3.05) is 11.9 Å². The molecule has 3 nitrogen and oxygen atoms in total. The summed E-state index contributed by atoms with van der Waals surface area (Å²) in [5.74, 6) is 0.306. The molecule has 21 heavy (non-hydrogen) atoms. The molecule has 2 aromatic carbocycles. The van der Waals surface area contributed by atoms with E-state index < -0.39 is 0 Å². The van der Waals surface area contributed by atoms with Gasteiger partial charge in [-0.15, -0.1) is 0 Å². The fraction of sp³-hybridized carbons (Fsp3) is 0.133. The number of rotatable bonds is 4. The van der Waals surface area contributed by atoms with Crippen LogP contribution >= 0.6 is 39.1 Å². The van der Waals surface area contributed by atoms with Crippen LogP contribution in [-0.4, -0.2) is 12.5 Å². The van der Waals surface area contributed by atoms with Gasteiger partial charge in [0.2, 0.25) is 0 Å². The Labute approximate surface area is 141 Å². The molecule has 0 aliphatic carbocycles. The van der Waals surface area contributed by atoms with Crippen LogP contribution in [0.5, 0.6) is 5.75 Å². The van der Waals surface area contributed by atoms with E-state index in [0.717, 1.165) is 10.0 Å². The lowest BCUT2D eigenvalue weighted by Crippen LogP contribution is -2.20. The van der Waals surface area contributed by atoms with Crippen LogP contribution in [0.4, 0.5) is 5.69 Å². The molecule has 0 aliphatic heterocycles. The normalized spacial score (nSPS) is 10.3. The van der Waals surface area contributed by atoms with Crippen molar-refractivity contribution in [1.82, 2.24) is 0 Å². The molecule has 0 aliphatic rings. The molecule has 6 heteroatoms. The Morgan fingerprint density at radius 1 is 1.19 bits per heavy atom. The Morgan fingerprint density at radius 3 is 2.62 bits per heavy atom. The third-order valence-corrected chi connectivity index (χ3v) is 3.93. The summed E-state index contributed by atoms with van der Waals surface area (Å²) < 4.78 is 6.26. The standard InChI is InChI=1S/C15H12BrCl2NO2/c1-9-6-11(3-4-12(9)17)21-8-15(20)19-14-5-2-10(16)7-13(14)18/h2-7H,8H2,1H3,(H,19,20). The lowest BCUT2D eigenvalue weighted by molar-refractivity contribution is -0.118. The number of aryl methyl sites for hydroxylation is 1. The second-order valence-corrected chi connectivity index (χ2v) is 6.10. The lowest BCUT2D eigenvalue weighted by Gasteiger charge is -2.10. The van der Waals surface area contributed by atoms with Gasteiger partial charge in [0, 0.05) is 9.50 Å². The first-order valence-corrected chi connectivity index (χ1v) is 7.64. The third-order valence-electron chi connectivity index (χ3n) is 2.70. The number of amides is 1. The molecule has 0 heterocycles. The molecular weight excluding hydrogens is 377 g/mol. The van der Waals surface area contributed by atoms with E-state index in [0.29, 0.717) is 21.5 Å². The summed E-state index contributed by atoms with van der Waals surface area (Å²) in [6, 6.07) is 10.5. The Hall–Kier alpha value is -1.23. The number of ether oxygens (including phenoxy) is 1. The molecule has 0 spiro atoms. The van der Waals surface area contributed by atoms with Gasteiger partial charge in [0.15, 0.2) is 6.61 Å². The Morgan fingerprint density at radius 2 is 1.95 bits per heavy atom. The van der Waals surface area contributed by atoms with Crippen molar-refractivity contribution < 1.29 is 9.53 Å². The van der Waals surface area contributed by atoms with E-state index in [9.17, 15) is 4.79 Å². The predicted octanol–water partition coefficient (Wildman–Crippen LogP) is 5.08. The molecule has 0 atom stereocenters. The first-order valence-electron chi connectivity index (χ1n) is 6.09. The number of carbonyl (C=O) groups is 1. The number of halogens is 3. The van der Waals surface area contributed by atoms with Gasteiger partial charge in [-0.3, -0.25) is 4.79 Å². The average molecular weight is 389 g/mol. The molecule has 2 aromatic rings. The van der Waals surface area contributed by atoms with Crippen molar-refractivity contribution in [3.05, 3.63) is 56.5 Å². The Bertz CT molecular complexity index is 677. The van der Waals surface area contributed by atoms with Gasteiger partial charge in [0.1, 0.15) is 5.75 Å². The number of benzene rings is 2. The quantitative estimate of drug-likeness (QED) is 0.792. The molecule has 0 saturated heterocycles. The van der Waals surface area contributed by atoms with Gasteiger partial charge in [-0.1, -0.05) is 39.1 Å². The molecule has 2 rings (SSSR count). The SMILES string of the molecule is Cc1cc(OCC(=O)Nc2ccc(Br)cc2Cl)ccc1Cl. The minimum Gasteiger partial charge on any atom is -0.484 e. The molecule has 0 saturated carbocycles. The fourth-order valence-electron chi connectivity index (χ4n) is 1.63. The lowest BCUT2D eigenvalue weighted by atomic mass is 10.2. The highest BCUT2D eigenvalue weighted by atomic mass is 79.9. The summed E-state index contributed by atoms with van der Waals surface area (Å²) >= 11 is 15.3. The van der Waals surface area contributed by atoms with Crippen LogP contribution in [0, 0.1) is 6.92 Å². The van der Waals surface area contributed by atoms with Crippen molar-refractivity contribution in [2.24, 2.45) is 0 Å². The van der Waals surface area contributed by atoms with Crippen molar-refractivity contribution in [1.29, 1.82) is 0 Å². The topological polar surface area (TPSA) is 38.3 Å². The van der Waals surface area contributed by atoms with Crippen LogP contribution in [0.1, 0.15) is 5.56 Å². The molecule has 0 bridgehead atoms. The zero-order chi connectivity index (χ0) is 15.4. The van der Waals surface area contributed by atoms with Gasteiger partial charge in [0.25, 0.3) is 5.91 Å². The van der Waals surface area contributed by atoms with Crippen LogP contribution in [0.25, 0.3) is 0 Å². The number of hydrogen-bond acceptors (Lipinski definition) is 2. The summed E-state index contributed by atoms with van der Waals surface area (Å²) in [5, 5.41) is 3.81. The van der Waals surface area contributed by atoms with Gasteiger partial charge < -0.3 is 10.1 Å². The maximum Gasteiger partial charge on any atom is 0.262 e. The summed E-state index contributed by atoms with van der Waals surface area (Å²) in [6.45, 7) is 1.77. The van der Waals surface area contributed by atoms with E-state index in [2.05, 4.69) is 21.2 Å². The van der Waals surface area contributed by atoms with Crippen molar-refractivity contribution in [3.8, 4) is 5.75 Å². The van der Waals surface area contributed by atoms with Crippen LogP contribution < -0.4 is 10.1 Å². The van der Waals surface area contributed by atoms with E-state index in [1.54, 1.807) is 36.4 Å². The van der Waals surface area contributed by atoms with Crippen LogP contribution in [0.3, 0.4) is 0 Å². The molecule has 0 fully saturated rings. The molecule has 0 aromatic heterocycles. The van der Waals surface area contributed by atoms with E-state index in [1.165, 1.54) is 0 Å². The minimum absolute atomic E-state index is 0.104. The zero-order valence-electron chi connectivity index (χ0n) is 11.1. The van der Waals surface area contributed by atoms with Crippen LogP contribution in [0.15, 0.2) is 40.9 Å². The van der Waals surface area contributed by atoms with Gasteiger partial charge in [-0.25, -0.2) is 0 Å². The average Bonchev–Trinajstić information content (AvgIpc) is 2.43. The summed E-state index contributed by atoms with van der Waals surface area (Å²) in [5.41, 5.74) is 1.44. The van der Waals surface area contributed by atoms with Crippen molar-refractivity contribution >= 4 is 50.7 Å². The number of hydrogen-bond donors (Lipinski definition) is 1. The highest BCUT2D eigenvalue weighted by Crippen LogP contribution is 2.25. The molecular formula is C15H12BrCl2NO2. The van der Waals surface area contributed by atoms with Crippen LogP contribution in [0.2, 0.25) is 10.0 Å². The fourth-order valence-corrected chi connectivity index (χ4v) is 2.47. The second kappa shape index (κ2) is 7.16. The summed E-state index contributed by atoms with van der Waals surface area (Å²) in [6.07, 6.45) is 0. The maximum atomic E-state index is 11.8. The monoisotopic (exact) mass is 387 g/mol. The molecule has 110 valence electrons. The number of carbonyl (C=O) groups excluding carboxylic acids is 1. The molecule has 1 amide bonds. The van der Waals surface area contributed by atoms with Gasteiger partial charge in [0.05, 0.1) is 10.7 Å². The summed E-state index contributed by atoms with van der Waals surface area (Å²) in [4.78, 5) is 11.8. The summed E-state index contributed by atoms with van der Waals surface area (Å²) in [7, 11) is 0. The van der Waals surface area contributed by atoms with Gasteiger partial charge in [-0.05, 0) is 48.9 Å². The molecule has 1 N–H and O–H groups in total. The second-order valence-electron chi connectivity index (χ2n) is 4.37. The first-order chi connectivity index (χ1) is 9.95. The molecule has 0 unspecified atom stereocenters. The van der Waals surface area contributed by atoms with E-state index in [4.69, 9.17) is 27.9 Å². The third kappa shape index (κ3) is 4.63. The highest BCUT2D eigenvalue weighted by molar-refractivity contribution is 9.10. The number of nitrogens with one attached hydrogen (secondary N) is 1. The first kappa shape index (κ1) is 16.1. The smallest absolute Gasteiger partial charge is 0.262 e. The van der Waals surface area contributed by atoms with Crippen molar-refractivity contribution in [2.45, 2.75) is 6.92 Å². The van der Waals surface area contributed by atoms with Gasteiger partial charge in [-0.2, -0.15) is 0 Å². The minimum atomic E-state index is -0.285. The zero-order valence-corrected chi connectivity index (χ0v) is 14.2. The molecule has 0 radical (unpaired) electrons. The van der Waals surface area contributed by atoms with Gasteiger partial charge >= 0.3 is 0 Å². The van der Waals surface area contributed by atoms with E-state index >= 15 is 0 Å². The van der Waals surface area contributed by atoms with E-state index in [1.807, 2.05) is 6.92 Å². The van der Waals surface area contributed by atoms with Crippen molar-refractivity contribution in [3.63, 3.8) is 0 Å². The Balaban J connectivity index is 1.94. The predicted molar refractivity (Wildman–Crippen MR) is 89.5 cm³/mol. The van der Waals surface area contributed by atoms with Crippen LogP contribution in [-0.2, 0) is 4.79 Å². The number of anilines is 1. The largest absolute Gasteiger partial charge is 0.484 e. The Kier molecular flexibility index (Phi) is 5.51. The highest BCUT2D eigenvalue weighted by Gasteiger charge is 2.07. The maximum absolute atomic E-state index is 11.8. The van der Waals surface area contributed by atoms with E-state index in [-0.39, 0.29) is 12.5 Å².